The minimum absolute atomic E-state index is 0.192. The van der Waals surface area contributed by atoms with Crippen molar-refractivity contribution < 1.29 is 14.3 Å². The van der Waals surface area contributed by atoms with Gasteiger partial charge in [0.2, 0.25) is 5.91 Å². The van der Waals surface area contributed by atoms with Gasteiger partial charge in [0.25, 0.3) is 0 Å². The predicted molar refractivity (Wildman–Crippen MR) is 36.8 cm³/mol. The Labute approximate surface area is 64.9 Å². The van der Waals surface area contributed by atoms with E-state index < -0.39 is 6.04 Å². The van der Waals surface area contributed by atoms with Gasteiger partial charge in [0.05, 0.1) is 6.61 Å². The van der Waals surface area contributed by atoms with Crippen molar-refractivity contribution in [1.29, 1.82) is 0 Å². The van der Waals surface area contributed by atoms with Crippen LogP contribution in [0.25, 0.3) is 0 Å². The standard InChI is InChI=1S/C7H10NO3/c1-2-11-7(10)5-3-4-6(9)8-5/h5H,2-4H2,1H3/t5-/m0/s1. The Kier molecular flexibility index (Phi) is 2.46. The topological polar surface area (TPSA) is 57.5 Å². The second-order valence-corrected chi connectivity index (χ2v) is 2.33. The number of hydrogen-bond donors (Lipinski definition) is 0. The number of carbonyl (C=O) groups is 2. The highest BCUT2D eigenvalue weighted by Gasteiger charge is 2.30. The van der Waals surface area contributed by atoms with E-state index in [1.807, 2.05) is 0 Å². The van der Waals surface area contributed by atoms with Crippen LogP contribution in [0, 0.1) is 0 Å². The van der Waals surface area contributed by atoms with Gasteiger partial charge >= 0.3 is 5.97 Å². The summed E-state index contributed by atoms with van der Waals surface area (Å²) in [5.41, 5.74) is 0. The lowest BCUT2D eigenvalue weighted by Crippen LogP contribution is -2.29. The maximum Gasteiger partial charge on any atom is 0.330 e. The van der Waals surface area contributed by atoms with Gasteiger partial charge in [-0.3, -0.25) is 4.79 Å². The molecule has 0 aromatic rings. The van der Waals surface area contributed by atoms with Gasteiger partial charge in [-0.05, 0) is 13.3 Å². The average Bonchev–Trinajstić information content (AvgIpc) is 2.36. The fourth-order valence-electron chi connectivity index (χ4n) is 0.972. The summed E-state index contributed by atoms with van der Waals surface area (Å²) in [5, 5.41) is 3.59. The Hall–Kier alpha value is -1.06. The molecule has 0 aromatic carbocycles. The molecule has 0 aliphatic carbocycles. The van der Waals surface area contributed by atoms with Crippen molar-refractivity contribution in [2.75, 3.05) is 6.61 Å². The van der Waals surface area contributed by atoms with Gasteiger partial charge in [-0.1, -0.05) is 0 Å². The summed E-state index contributed by atoms with van der Waals surface area (Å²) in [7, 11) is 0. The van der Waals surface area contributed by atoms with Gasteiger partial charge in [-0.15, -0.1) is 0 Å². The Bertz CT molecular complexity index is 179. The lowest BCUT2D eigenvalue weighted by molar-refractivity contribution is -0.146. The van der Waals surface area contributed by atoms with E-state index in [0.29, 0.717) is 19.4 Å². The van der Waals surface area contributed by atoms with Gasteiger partial charge in [0, 0.05) is 6.42 Å². The molecule has 1 rings (SSSR count). The van der Waals surface area contributed by atoms with Crippen LogP contribution in [0.4, 0.5) is 0 Å². The summed E-state index contributed by atoms with van der Waals surface area (Å²) in [5.74, 6) is -0.568. The third-order valence-corrected chi connectivity index (χ3v) is 1.49. The summed E-state index contributed by atoms with van der Waals surface area (Å²) >= 11 is 0. The summed E-state index contributed by atoms with van der Waals surface area (Å²) in [6.45, 7) is 2.08. The van der Waals surface area contributed by atoms with Crippen molar-refractivity contribution in [2.45, 2.75) is 25.8 Å². The molecule has 1 amide bonds. The molecule has 0 aromatic heterocycles. The molecule has 4 heteroatoms. The van der Waals surface area contributed by atoms with Crippen molar-refractivity contribution in [1.82, 2.24) is 5.32 Å². The molecule has 0 spiro atoms. The highest BCUT2D eigenvalue weighted by atomic mass is 16.5. The van der Waals surface area contributed by atoms with Crippen molar-refractivity contribution in [3.05, 3.63) is 0 Å². The maximum atomic E-state index is 10.9. The van der Waals surface area contributed by atoms with Gasteiger partial charge in [0.15, 0.2) is 6.04 Å². The number of carbonyl (C=O) groups excluding carboxylic acids is 2. The molecule has 1 radical (unpaired) electrons. The Morgan fingerprint density at radius 1 is 1.82 bits per heavy atom. The van der Waals surface area contributed by atoms with Gasteiger partial charge in [0.1, 0.15) is 0 Å². The first-order valence-corrected chi connectivity index (χ1v) is 3.64. The van der Waals surface area contributed by atoms with E-state index >= 15 is 0 Å². The zero-order valence-corrected chi connectivity index (χ0v) is 6.37. The van der Waals surface area contributed by atoms with Crippen LogP contribution < -0.4 is 5.32 Å². The van der Waals surface area contributed by atoms with Crippen molar-refractivity contribution in [3.63, 3.8) is 0 Å². The molecule has 61 valence electrons. The fraction of sp³-hybridized carbons (Fsp3) is 0.714. The lowest BCUT2D eigenvalue weighted by Gasteiger charge is -2.05. The minimum atomic E-state index is -0.526. The molecule has 4 nitrogen and oxygen atoms in total. The molecule has 1 atom stereocenters. The van der Waals surface area contributed by atoms with E-state index in [2.05, 4.69) is 10.1 Å². The van der Waals surface area contributed by atoms with E-state index in [4.69, 9.17) is 0 Å². The summed E-state index contributed by atoms with van der Waals surface area (Å²) in [4.78, 5) is 21.5. The first-order valence-electron chi connectivity index (χ1n) is 3.64. The number of ether oxygens (including phenoxy) is 1. The smallest absolute Gasteiger partial charge is 0.330 e. The number of hydrogen-bond acceptors (Lipinski definition) is 3. The average molecular weight is 156 g/mol. The summed E-state index contributed by atoms with van der Waals surface area (Å²) in [6.07, 6.45) is 0.890. The largest absolute Gasteiger partial charge is 0.464 e. The number of esters is 1. The third-order valence-electron chi connectivity index (χ3n) is 1.49. The number of nitrogens with zero attached hydrogens (tertiary/aromatic N) is 1. The van der Waals surface area contributed by atoms with Crippen LogP contribution in [-0.2, 0) is 14.3 Å². The molecule has 1 aliphatic rings. The highest BCUT2D eigenvalue weighted by Crippen LogP contribution is 2.09. The van der Waals surface area contributed by atoms with Gasteiger partial charge in [-0.25, -0.2) is 10.1 Å². The van der Waals surface area contributed by atoms with Gasteiger partial charge < -0.3 is 4.74 Å². The van der Waals surface area contributed by atoms with Crippen LogP contribution in [0.1, 0.15) is 19.8 Å². The second kappa shape index (κ2) is 3.37. The maximum absolute atomic E-state index is 10.9. The zero-order valence-electron chi connectivity index (χ0n) is 6.37. The molecule has 0 unspecified atom stereocenters. The summed E-state index contributed by atoms with van der Waals surface area (Å²) < 4.78 is 4.69. The third kappa shape index (κ3) is 1.93. The normalized spacial score (nSPS) is 23.0. The molecule has 0 bridgehead atoms. The van der Waals surface area contributed by atoms with Gasteiger partial charge in [-0.2, -0.15) is 0 Å². The van der Waals surface area contributed by atoms with E-state index in [0.717, 1.165) is 0 Å². The van der Waals surface area contributed by atoms with Crippen molar-refractivity contribution in [2.24, 2.45) is 0 Å². The molecular formula is C7H10NO3. The lowest BCUT2D eigenvalue weighted by atomic mass is 10.2. The fourth-order valence-corrected chi connectivity index (χ4v) is 0.972. The van der Waals surface area contributed by atoms with Crippen molar-refractivity contribution in [3.8, 4) is 0 Å². The molecule has 1 heterocycles. The Morgan fingerprint density at radius 3 is 3.00 bits per heavy atom. The zero-order chi connectivity index (χ0) is 8.27. The van der Waals surface area contributed by atoms with E-state index in [-0.39, 0.29) is 11.9 Å². The molecular weight excluding hydrogens is 146 g/mol. The minimum Gasteiger partial charge on any atom is -0.464 e. The Morgan fingerprint density at radius 2 is 2.55 bits per heavy atom. The molecule has 1 aliphatic heterocycles. The summed E-state index contributed by atoms with van der Waals surface area (Å²) in [6, 6.07) is -0.526. The van der Waals surface area contributed by atoms with Crippen LogP contribution in [0.15, 0.2) is 0 Å². The van der Waals surface area contributed by atoms with E-state index in [9.17, 15) is 9.59 Å². The van der Waals surface area contributed by atoms with Crippen LogP contribution in [-0.4, -0.2) is 24.5 Å². The first kappa shape index (κ1) is 8.04. The molecule has 11 heavy (non-hydrogen) atoms. The first-order chi connectivity index (χ1) is 5.24. The Balaban J connectivity index is 2.37. The van der Waals surface area contributed by atoms with Crippen LogP contribution in [0.3, 0.4) is 0 Å². The van der Waals surface area contributed by atoms with E-state index in [1.54, 1.807) is 6.92 Å². The molecule has 1 fully saturated rings. The van der Waals surface area contributed by atoms with Crippen LogP contribution in [0.2, 0.25) is 0 Å². The number of amides is 1. The quantitative estimate of drug-likeness (QED) is 0.522. The number of rotatable bonds is 2. The van der Waals surface area contributed by atoms with Crippen molar-refractivity contribution >= 4 is 11.9 Å². The monoisotopic (exact) mass is 156 g/mol. The molecule has 0 N–H and O–H groups in total. The molecule has 1 saturated heterocycles. The molecule has 0 saturated carbocycles. The van der Waals surface area contributed by atoms with Crippen LogP contribution in [0.5, 0.6) is 0 Å². The van der Waals surface area contributed by atoms with Crippen LogP contribution >= 0.6 is 0 Å². The second-order valence-electron chi connectivity index (χ2n) is 2.33. The highest BCUT2D eigenvalue weighted by molar-refractivity contribution is 5.87. The van der Waals surface area contributed by atoms with E-state index in [1.165, 1.54) is 0 Å². The SMILES string of the molecule is CCOC(=O)[C@@H]1CCC(=O)[N]1. The predicted octanol–water partition coefficient (Wildman–Crippen LogP) is -0.157.